The molecule has 21 heavy (non-hydrogen) atoms. The molecule has 0 aliphatic heterocycles. The molecule has 2 aromatic rings. The molecule has 0 radical (unpaired) electrons. The first kappa shape index (κ1) is 15.2. The number of fused-ring (bicyclic) bond motifs is 1. The zero-order valence-electron chi connectivity index (χ0n) is 11.9. The van der Waals surface area contributed by atoms with Crippen LogP contribution in [0.25, 0.3) is 10.2 Å². The molecule has 1 N–H and O–H groups in total. The lowest BCUT2D eigenvalue weighted by Gasteiger charge is -2.19. The number of hydrogen-bond donors (Lipinski definition) is 1. The predicted molar refractivity (Wildman–Crippen MR) is 77.9 cm³/mol. The fraction of sp³-hybridized carbons (Fsp3) is 0.357. The van der Waals surface area contributed by atoms with E-state index in [1.165, 1.54) is 0 Å². The molecule has 0 saturated heterocycles. The molecule has 0 bridgehead atoms. The maximum Gasteiger partial charge on any atom is 0.349 e. The summed E-state index contributed by atoms with van der Waals surface area (Å²) in [6, 6.07) is 3.39. The second kappa shape index (κ2) is 5.69. The number of nitrogens with zero attached hydrogens (tertiary/aromatic N) is 1. The number of carboxylic acid groups (broad SMARTS) is 1. The van der Waals surface area contributed by atoms with Gasteiger partial charge in [-0.15, -0.1) is 11.3 Å². The van der Waals surface area contributed by atoms with Gasteiger partial charge in [-0.1, -0.05) is 0 Å². The summed E-state index contributed by atoms with van der Waals surface area (Å²) in [5.41, 5.74) is -0.617. The fourth-order valence-corrected chi connectivity index (χ4v) is 2.62. The van der Waals surface area contributed by atoms with Gasteiger partial charge in [-0.25, -0.2) is 14.6 Å². The number of esters is 1. The van der Waals surface area contributed by atoms with Gasteiger partial charge in [0.2, 0.25) is 0 Å². The van der Waals surface area contributed by atoms with Crippen molar-refractivity contribution in [2.24, 2.45) is 0 Å². The number of pyridine rings is 1. The highest BCUT2D eigenvalue weighted by atomic mass is 32.1. The Bertz CT molecular complexity index is 686. The summed E-state index contributed by atoms with van der Waals surface area (Å²) in [5.74, 6) is -1.51. The molecule has 0 amide bonds. The van der Waals surface area contributed by atoms with E-state index in [1.807, 2.05) is 0 Å². The van der Waals surface area contributed by atoms with E-state index in [-0.39, 0.29) is 17.2 Å². The van der Waals surface area contributed by atoms with Crippen LogP contribution in [0.3, 0.4) is 0 Å². The molecular formula is C14H15NO5S. The summed E-state index contributed by atoms with van der Waals surface area (Å²) in [4.78, 5) is 27.6. The molecule has 0 atom stereocenters. The predicted octanol–water partition coefficient (Wildman–Crippen LogP) is 2.72. The van der Waals surface area contributed by atoms with Crippen molar-refractivity contribution in [2.75, 3.05) is 6.61 Å². The molecule has 0 aliphatic rings. The zero-order valence-corrected chi connectivity index (χ0v) is 12.7. The van der Waals surface area contributed by atoms with Crippen LogP contribution >= 0.6 is 11.3 Å². The summed E-state index contributed by atoms with van der Waals surface area (Å²) in [6.45, 7) is 4.89. The number of aromatic nitrogens is 1. The second-order valence-corrected chi connectivity index (χ2v) is 6.30. The van der Waals surface area contributed by atoms with Crippen molar-refractivity contribution < 1.29 is 24.2 Å². The first-order chi connectivity index (χ1) is 9.78. The zero-order chi connectivity index (χ0) is 15.6. The molecule has 0 fully saturated rings. The van der Waals surface area contributed by atoms with Crippen LogP contribution in [-0.2, 0) is 9.53 Å². The Morgan fingerprint density at radius 1 is 1.38 bits per heavy atom. The summed E-state index contributed by atoms with van der Waals surface area (Å²) in [6.07, 6.45) is 1.57. The minimum absolute atomic E-state index is 0.0206. The van der Waals surface area contributed by atoms with Gasteiger partial charge in [0.15, 0.2) is 17.2 Å². The van der Waals surface area contributed by atoms with Crippen molar-refractivity contribution in [3.8, 4) is 5.75 Å². The van der Waals surface area contributed by atoms with Gasteiger partial charge in [-0.3, -0.25) is 0 Å². The highest BCUT2D eigenvalue weighted by molar-refractivity contribution is 7.20. The third kappa shape index (κ3) is 3.69. The number of ether oxygens (including phenoxy) is 2. The van der Waals surface area contributed by atoms with Crippen LogP contribution in [0, 0.1) is 0 Å². The number of rotatable bonds is 4. The van der Waals surface area contributed by atoms with E-state index >= 15 is 0 Å². The molecule has 7 heteroatoms. The highest BCUT2D eigenvalue weighted by Gasteiger charge is 2.22. The topological polar surface area (TPSA) is 85.7 Å². The molecule has 2 heterocycles. The first-order valence-corrected chi connectivity index (χ1v) is 7.05. The van der Waals surface area contributed by atoms with Crippen molar-refractivity contribution >= 4 is 33.5 Å². The maximum atomic E-state index is 11.7. The third-order valence-electron chi connectivity index (χ3n) is 2.37. The number of carboxylic acids is 1. The molecule has 2 aromatic heterocycles. The lowest BCUT2D eigenvalue weighted by molar-refractivity contribution is -0.157. The second-order valence-electron chi connectivity index (χ2n) is 5.30. The smallest absolute Gasteiger partial charge is 0.349 e. The molecular weight excluding hydrogens is 294 g/mol. The van der Waals surface area contributed by atoms with Crippen molar-refractivity contribution in [3.05, 3.63) is 23.2 Å². The van der Waals surface area contributed by atoms with E-state index in [2.05, 4.69) is 4.98 Å². The van der Waals surface area contributed by atoms with Gasteiger partial charge in [0.25, 0.3) is 0 Å². The van der Waals surface area contributed by atoms with Gasteiger partial charge < -0.3 is 14.6 Å². The lowest BCUT2D eigenvalue weighted by atomic mass is 10.2. The first-order valence-electron chi connectivity index (χ1n) is 6.23. The van der Waals surface area contributed by atoms with Crippen LogP contribution in [0.5, 0.6) is 5.75 Å². The monoisotopic (exact) mass is 309 g/mol. The fourth-order valence-electron chi connectivity index (χ4n) is 1.70. The van der Waals surface area contributed by atoms with Gasteiger partial charge in [0, 0.05) is 6.20 Å². The van der Waals surface area contributed by atoms with Crippen LogP contribution in [0.15, 0.2) is 18.3 Å². The van der Waals surface area contributed by atoms with Crippen molar-refractivity contribution in [1.29, 1.82) is 0 Å². The number of hydrogen-bond acceptors (Lipinski definition) is 6. The standard InChI is InChI=1S/C14H15NO5S/c1-14(2,3)20-9(16)7-19-10-8-5-4-6-15-12(8)21-11(10)13(17)18/h4-6H,7H2,1-3H3,(H,17,18). The summed E-state index contributed by atoms with van der Waals surface area (Å²) >= 11 is 1.01. The SMILES string of the molecule is CC(C)(C)OC(=O)COc1c(C(=O)O)sc2ncccc12. The minimum Gasteiger partial charge on any atom is -0.479 e. The molecule has 6 nitrogen and oxygen atoms in total. The molecule has 0 aliphatic carbocycles. The Morgan fingerprint density at radius 3 is 2.71 bits per heavy atom. The largest absolute Gasteiger partial charge is 0.479 e. The van der Waals surface area contributed by atoms with Crippen LogP contribution in [0.4, 0.5) is 0 Å². The molecule has 112 valence electrons. The maximum absolute atomic E-state index is 11.7. The van der Waals surface area contributed by atoms with Crippen LogP contribution in [-0.4, -0.2) is 34.2 Å². The highest BCUT2D eigenvalue weighted by Crippen LogP contribution is 2.36. The van der Waals surface area contributed by atoms with E-state index < -0.39 is 17.5 Å². The Kier molecular flexibility index (Phi) is 4.13. The van der Waals surface area contributed by atoms with Gasteiger partial charge in [-0.05, 0) is 32.9 Å². The Hall–Kier alpha value is -2.15. The quantitative estimate of drug-likeness (QED) is 0.874. The normalized spacial score (nSPS) is 11.4. The number of carbonyl (C=O) groups excluding carboxylic acids is 1. The number of aromatic carboxylic acids is 1. The van der Waals surface area contributed by atoms with Crippen molar-refractivity contribution in [1.82, 2.24) is 4.98 Å². The average molecular weight is 309 g/mol. The van der Waals surface area contributed by atoms with Gasteiger partial charge in [0.1, 0.15) is 10.4 Å². The van der Waals surface area contributed by atoms with Gasteiger partial charge in [-0.2, -0.15) is 0 Å². The molecule has 0 unspecified atom stereocenters. The van der Waals surface area contributed by atoms with Gasteiger partial charge >= 0.3 is 11.9 Å². The Morgan fingerprint density at radius 2 is 2.10 bits per heavy atom. The van der Waals surface area contributed by atoms with Crippen molar-refractivity contribution in [3.63, 3.8) is 0 Å². The van der Waals surface area contributed by atoms with Crippen LogP contribution < -0.4 is 4.74 Å². The van der Waals surface area contributed by atoms with Gasteiger partial charge in [0.05, 0.1) is 5.39 Å². The van der Waals surface area contributed by atoms with E-state index in [0.717, 1.165) is 11.3 Å². The third-order valence-corrected chi connectivity index (χ3v) is 3.45. The Balaban J connectivity index is 2.23. The van der Waals surface area contributed by atoms with E-state index in [9.17, 15) is 14.7 Å². The minimum atomic E-state index is -1.11. The van der Waals surface area contributed by atoms with Crippen molar-refractivity contribution in [2.45, 2.75) is 26.4 Å². The summed E-state index contributed by atoms with van der Waals surface area (Å²) in [5, 5.41) is 9.78. The van der Waals surface area contributed by atoms with E-state index in [4.69, 9.17) is 9.47 Å². The molecule has 0 aromatic carbocycles. The van der Waals surface area contributed by atoms with Crippen LogP contribution in [0.1, 0.15) is 30.4 Å². The molecule has 2 rings (SSSR count). The summed E-state index contributed by atoms with van der Waals surface area (Å²) < 4.78 is 10.5. The van der Waals surface area contributed by atoms with E-state index in [1.54, 1.807) is 39.1 Å². The Labute approximate surface area is 125 Å². The summed E-state index contributed by atoms with van der Waals surface area (Å²) in [7, 11) is 0. The van der Waals surface area contributed by atoms with Crippen LogP contribution in [0.2, 0.25) is 0 Å². The lowest BCUT2D eigenvalue weighted by Crippen LogP contribution is -2.27. The number of thiophene rings is 1. The molecule has 0 spiro atoms. The average Bonchev–Trinajstić information content (AvgIpc) is 2.73. The molecule has 0 saturated carbocycles. The van der Waals surface area contributed by atoms with E-state index in [0.29, 0.717) is 10.2 Å². The number of carbonyl (C=O) groups is 2.